The second-order valence-corrected chi connectivity index (χ2v) is 9.12. The zero-order chi connectivity index (χ0) is 21.1. The predicted octanol–water partition coefficient (Wildman–Crippen LogP) is 3.65. The highest BCUT2D eigenvalue weighted by Crippen LogP contribution is 2.32. The van der Waals surface area contributed by atoms with Gasteiger partial charge in [-0.15, -0.1) is 0 Å². The Bertz CT molecular complexity index is 920. The minimum absolute atomic E-state index is 0.0317. The summed E-state index contributed by atoms with van der Waals surface area (Å²) in [5, 5.41) is 12.9. The van der Waals surface area contributed by atoms with Gasteiger partial charge in [-0.3, -0.25) is 4.79 Å². The fourth-order valence-electron chi connectivity index (χ4n) is 4.28. The number of Topliss-reactive ketones (excluding diaryl/α,β-unsaturated/α-hetero) is 1. The fourth-order valence-corrected chi connectivity index (χ4v) is 5.44. The molecule has 3 heterocycles. The molecule has 0 atom stereocenters. The zero-order valence-electron chi connectivity index (χ0n) is 17.1. The van der Waals surface area contributed by atoms with Crippen molar-refractivity contribution in [2.45, 2.75) is 24.2 Å². The number of hydrogen-bond acceptors (Lipinski definition) is 6. The minimum atomic E-state index is -0.311. The van der Waals surface area contributed by atoms with E-state index in [0.29, 0.717) is 17.8 Å². The minimum Gasteiger partial charge on any atom is -0.411 e. The van der Waals surface area contributed by atoms with Gasteiger partial charge in [0.15, 0.2) is 5.78 Å². The number of nitrogens with zero attached hydrogens (tertiary/aromatic N) is 4. The van der Waals surface area contributed by atoms with Crippen LogP contribution in [0.4, 0.5) is 4.39 Å². The molecule has 1 aromatic carbocycles. The van der Waals surface area contributed by atoms with Crippen LogP contribution in [0.1, 0.15) is 35.3 Å². The van der Waals surface area contributed by atoms with Gasteiger partial charge >= 0.3 is 0 Å². The Morgan fingerprint density at radius 3 is 2.63 bits per heavy atom. The van der Waals surface area contributed by atoms with Crippen molar-refractivity contribution in [3.63, 3.8) is 0 Å². The van der Waals surface area contributed by atoms with Crippen molar-refractivity contribution < 1.29 is 14.4 Å². The van der Waals surface area contributed by atoms with E-state index in [0.717, 1.165) is 56.0 Å². The van der Waals surface area contributed by atoms with Gasteiger partial charge in [0.05, 0.1) is 17.1 Å². The number of aromatic nitrogens is 1. The third-order valence-corrected chi connectivity index (χ3v) is 7.05. The van der Waals surface area contributed by atoms with Crippen LogP contribution in [0.2, 0.25) is 0 Å². The van der Waals surface area contributed by atoms with E-state index >= 15 is 0 Å². The molecule has 0 saturated carbocycles. The van der Waals surface area contributed by atoms with E-state index in [1.165, 1.54) is 12.1 Å². The number of benzene rings is 1. The Hall–Kier alpha value is -2.16. The van der Waals surface area contributed by atoms with Crippen molar-refractivity contribution in [2.75, 3.05) is 32.7 Å². The molecule has 1 N–H and O–H groups in total. The van der Waals surface area contributed by atoms with E-state index in [1.54, 1.807) is 24.1 Å². The molecule has 4 rings (SSSR count). The second-order valence-electron chi connectivity index (χ2n) is 7.98. The van der Waals surface area contributed by atoms with E-state index < -0.39 is 0 Å². The van der Waals surface area contributed by atoms with Crippen LogP contribution >= 0.6 is 11.9 Å². The first-order chi connectivity index (χ1) is 14.5. The quantitative estimate of drug-likeness (QED) is 0.328. The Morgan fingerprint density at radius 1 is 1.20 bits per heavy atom. The predicted molar refractivity (Wildman–Crippen MR) is 116 cm³/mol. The Balaban J connectivity index is 1.22. The zero-order valence-corrected chi connectivity index (χ0v) is 17.9. The van der Waals surface area contributed by atoms with Gasteiger partial charge in [-0.25, -0.2) is 8.70 Å². The summed E-state index contributed by atoms with van der Waals surface area (Å²) in [5.41, 5.74) is 2.31. The van der Waals surface area contributed by atoms with Gasteiger partial charge in [-0.1, -0.05) is 5.16 Å². The summed E-state index contributed by atoms with van der Waals surface area (Å²) in [4.78, 5) is 16.2. The van der Waals surface area contributed by atoms with Gasteiger partial charge in [0, 0.05) is 31.3 Å². The molecule has 1 fully saturated rings. The lowest BCUT2D eigenvalue weighted by Gasteiger charge is -2.32. The molecule has 0 bridgehead atoms. The highest BCUT2D eigenvalue weighted by molar-refractivity contribution is 7.97. The number of hydrogen-bond donors (Lipinski definition) is 1. The van der Waals surface area contributed by atoms with Crippen LogP contribution in [-0.4, -0.2) is 63.2 Å². The smallest absolute Gasteiger partial charge is 0.166 e. The molecule has 8 heteroatoms. The van der Waals surface area contributed by atoms with Crippen LogP contribution in [0.25, 0.3) is 0 Å². The number of aryl methyl sites for hydroxylation is 1. The monoisotopic (exact) mass is 430 g/mol. The summed E-state index contributed by atoms with van der Waals surface area (Å²) >= 11 is 1.72. The number of likely N-dealkylation sites (tertiary alicyclic amines) is 1. The first kappa shape index (κ1) is 21.1. The van der Waals surface area contributed by atoms with Crippen molar-refractivity contribution in [2.24, 2.45) is 18.1 Å². The topological polar surface area (TPSA) is 61.1 Å². The molecule has 30 heavy (non-hydrogen) atoms. The summed E-state index contributed by atoms with van der Waals surface area (Å²) in [6.45, 7) is 4.35. The Kier molecular flexibility index (Phi) is 6.55. The number of rotatable bonds is 6. The standard InChI is InChI=1S/C22H27FN4O2S/c1-25-12-9-20-21(25)19(24-29)15-27(30-20)11-2-10-26-13-7-17(8-14-26)22(28)16-3-5-18(23)6-4-16/h3-6,9,12,17,29H,2,7-8,10-11,13-15H2,1H3/b24-19+. The third kappa shape index (κ3) is 4.61. The summed E-state index contributed by atoms with van der Waals surface area (Å²) in [7, 11) is 1.96. The summed E-state index contributed by atoms with van der Waals surface area (Å²) in [5.74, 6) is -0.146. The number of carbonyl (C=O) groups is 1. The number of oxime groups is 1. The van der Waals surface area contributed by atoms with Crippen LogP contribution in [0.15, 0.2) is 46.6 Å². The average molecular weight is 431 g/mol. The first-order valence-electron chi connectivity index (χ1n) is 10.4. The largest absolute Gasteiger partial charge is 0.411 e. The third-order valence-electron chi connectivity index (χ3n) is 5.95. The van der Waals surface area contributed by atoms with E-state index in [-0.39, 0.29) is 17.5 Å². The lowest BCUT2D eigenvalue weighted by Crippen LogP contribution is -2.38. The number of ketones is 1. The van der Waals surface area contributed by atoms with Gasteiger partial charge in [0.25, 0.3) is 0 Å². The highest BCUT2D eigenvalue weighted by atomic mass is 32.2. The molecule has 0 aliphatic carbocycles. The summed E-state index contributed by atoms with van der Waals surface area (Å²) < 4.78 is 17.3. The van der Waals surface area contributed by atoms with Crippen LogP contribution in [-0.2, 0) is 7.05 Å². The Labute approximate surface area is 180 Å². The molecule has 0 amide bonds. The van der Waals surface area contributed by atoms with Crippen LogP contribution in [0, 0.1) is 11.7 Å². The van der Waals surface area contributed by atoms with Crippen LogP contribution in [0.3, 0.4) is 0 Å². The van der Waals surface area contributed by atoms with Gasteiger partial charge in [-0.05, 0) is 81.2 Å². The van der Waals surface area contributed by atoms with Gasteiger partial charge in [-0.2, -0.15) is 0 Å². The maximum Gasteiger partial charge on any atom is 0.166 e. The van der Waals surface area contributed by atoms with Crippen molar-refractivity contribution in [3.8, 4) is 0 Å². The number of fused-ring (bicyclic) bond motifs is 1. The molecule has 2 aromatic rings. The van der Waals surface area contributed by atoms with E-state index in [2.05, 4.69) is 20.4 Å². The molecule has 2 aliphatic rings. The summed E-state index contributed by atoms with van der Waals surface area (Å²) in [6.07, 6.45) is 4.71. The summed E-state index contributed by atoms with van der Waals surface area (Å²) in [6, 6.07) is 7.93. The second kappa shape index (κ2) is 9.32. The molecular formula is C22H27FN4O2S. The lowest BCUT2D eigenvalue weighted by atomic mass is 9.89. The van der Waals surface area contributed by atoms with Crippen molar-refractivity contribution in [1.82, 2.24) is 13.8 Å². The molecule has 0 radical (unpaired) electrons. The molecule has 1 saturated heterocycles. The van der Waals surface area contributed by atoms with Gasteiger partial charge in [0.2, 0.25) is 0 Å². The maximum absolute atomic E-state index is 13.1. The SMILES string of the molecule is Cn1ccc2c1/C(=N/O)CN(CCCN1CCC(C(=O)c3ccc(F)cc3)CC1)S2. The number of halogens is 1. The van der Waals surface area contributed by atoms with Crippen LogP contribution < -0.4 is 0 Å². The highest BCUT2D eigenvalue weighted by Gasteiger charge is 2.27. The molecule has 2 aliphatic heterocycles. The van der Waals surface area contributed by atoms with Gasteiger partial charge < -0.3 is 14.7 Å². The molecule has 160 valence electrons. The number of piperidine rings is 1. The normalized spacial score (nSPS) is 19.9. The molecule has 1 aromatic heterocycles. The molecule has 0 unspecified atom stereocenters. The Morgan fingerprint density at radius 2 is 1.93 bits per heavy atom. The van der Waals surface area contributed by atoms with E-state index in [4.69, 9.17) is 0 Å². The number of carbonyl (C=O) groups excluding carboxylic acids is 1. The van der Waals surface area contributed by atoms with E-state index in [9.17, 15) is 14.4 Å². The van der Waals surface area contributed by atoms with Crippen molar-refractivity contribution in [3.05, 3.63) is 53.6 Å². The average Bonchev–Trinajstić information content (AvgIpc) is 3.14. The molecular weight excluding hydrogens is 403 g/mol. The maximum atomic E-state index is 13.1. The molecule has 6 nitrogen and oxygen atoms in total. The van der Waals surface area contributed by atoms with Crippen molar-refractivity contribution in [1.29, 1.82) is 0 Å². The van der Waals surface area contributed by atoms with Gasteiger partial charge in [0.1, 0.15) is 11.5 Å². The lowest BCUT2D eigenvalue weighted by molar-refractivity contribution is 0.0838. The van der Waals surface area contributed by atoms with Crippen LogP contribution in [0.5, 0.6) is 0 Å². The van der Waals surface area contributed by atoms with E-state index in [1.807, 2.05) is 17.8 Å². The van der Waals surface area contributed by atoms with Crippen molar-refractivity contribution >= 4 is 23.4 Å². The first-order valence-corrected chi connectivity index (χ1v) is 11.1. The fraction of sp³-hybridized carbons (Fsp3) is 0.455. The molecule has 0 spiro atoms.